The van der Waals surface area contributed by atoms with Gasteiger partial charge in [-0.15, -0.1) is 0 Å². The Bertz CT molecular complexity index is 179. The fourth-order valence-electron chi connectivity index (χ4n) is 3.70. The summed E-state index contributed by atoms with van der Waals surface area (Å²) in [5, 5.41) is 9.46. The molecule has 3 aliphatic rings. The second kappa shape index (κ2) is 4.45. The average molecular weight is 210 g/mol. The molecule has 1 heteroatoms. The molecule has 0 aliphatic heterocycles. The standard InChI is InChI=1S/C14H26O/c1-2-3-4-5-13-6-9-14(12-15,10-7-13)11-8-13/h15H,2-12H2,1H3. The molecule has 0 amide bonds. The van der Waals surface area contributed by atoms with Crippen LogP contribution < -0.4 is 0 Å². The van der Waals surface area contributed by atoms with E-state index in [4.69, 9.17) is 0 Å². The maximum atomic E-state index is 9.46. The monoisotopic (exact) mass is 210 g/mol. The molecule has 0 aromatic rings. The van der Waals surface area contributed by atoms with Crippen molar-refractivity contribution in [2.24, 2.45) is 10.8 Å². The summed E-state index contributed by atoms with van der Waals surface area (Å²) in [4.78, 5) is 0. The van der Waals surface area contributed by atoms with Gasteiger partial charge in [-0.3, -0.25) is 0 Å². The number of aliphatic hydroxyl groups is 1. The number of aliphatic hydroxyl groups excluding tert-OH is 1. The quantitative estimate of drug-likeness (QED) is 0.682. The van der Waals surface area contributed by atoms with Crippen molar-refractivity contribution in [3.8, 4) is 0 Å². The second-order valence-electron chi connectivity index (χ2n) is 6.12. The molecule has 2 bridgehead atoms. The van der Waals surface area contributed by atoms with Gasteiger partial charge in [0.05, 0.1) is 0 Å². The van der Waals surface area contributed by atoms with Gasteiger partial charge < -0.3 is 5.11 Å². The summed E-state index contributed by atoms with van der Waals surface area (Å²) in [6, 6.07) is 0. The molecule has 88 valence electrons. The van der Waals surface area contributed by atoms with Crippen LogP contribution in [0.5, 0.6) is 0 Å². The van der Waals surface area contributed by atoms with Gasteiger partial charge in [-0.2, -0.15) is 0 Å². The highest BCUT2D eigenvalue weighted by atomic mass is 16.3. The first-order chi connectivity index (χ1) is 7.24. The van der Waals surface area contributed by atoms with E-state index in [0.717, 1.165) is 0 Å². The first-order valence-electron chi connectivity index (χ1n) is 6.85. The molecule has 3 rings (SSSR count). The molecule has 3 fully saturated rings. The molecule has 0 spiro atoms. The second-order valence-corrected chi connectivity index (χ2v) is 6.12. The van der Waals surface area contributed by atoms with Crippen molar-refractivity contribution >= 4 is 0 Å². The lowest BCUT2D eigenvalue weighted by Crippen LogP contribution is -2.43. The summed E-state index contributed by atoms with van der Waals surface area (Å²) < 4.78 is 0. The molecule has 0 unspecified atom stereocenters. The van der Waals surface area contributed by atoms with Crippen LogP contribution in [0, 0.1) is 10.8 Å². The molecule has 0 aromatic heterocycles. The maximum Gasteiger partial charge on any atom is 0.0487 e. The fraction of sp³-hybridized carbons (Fsp3) is 1.00. The van der Waals surface area contributed by atoms with Gasteiger partial charge in [0.25, 0.3) is 0 Å². The number of rotatable bonds is 5. The minimum atomic E-state index is 0.354. The Hall–Kier alpha value is -0.0400. The van der Waals surface area contributed by atoms with Crippen LogP contribution >= 0.6 is 0 Å². The van der Waals surface area contributed by atoms with Crippen molar-refractivity contribution < 1.29 is 5.11 Å². The van der Waals surface area contributed by atoms with Crippen molar-refractivity contribution in [1.29, 1.82) is 0 Å². The summed E-state index contributed by atoms with van der Waals surface area (Å²) >= 11 is 0. The van der Waals surface area contributed by atoms with E-state index in [-0.39, 0.29) is 0 Å². The molecule has 3 saturated carbocycles. The number of fused-ring (bicyclic) bond motifs is 3. The Morgan fingerprint density at radius 1 is 0.867 bits per heavy atom. The third-order valence-electron chi connectivity index (χ3n) is 5.20. The predicted octanol–water partition coefficient (Wildman–Crippen LogP) is 3.90. The molecule has 3 aliphatic carbocycles. The van der Waals surface area contributed by atoms with E-state index < -0.39 is 0 Å². The van der Waals surface area contributed by atoms with E-state index in [1.165, 1.54) is 64.2 Å². The lowest BCUT2D eigenvalue weighted by Gasteiger charge is -2.53. The Morgan fingerprint density at radius 2 is 1.40 bits per heavy atom. The van der Waals surface area contributed by atoms with Crippen LogP contribution in [-0.2, 0) is 0 Å². The van der Waals surface area contributed by atoms with Crippen molar-refractivity contribution in [3.05, 3.63) is 0 Å². The smallest absolute Gasteiger partial charge is 0.0487 e. The third-order valence-corrected chi connectivity index (χ3v) is 5.20. The first kappa shape index (κ1) is 11.4. The van der Waals surface area contributed by atoms with E-state index in [1.54, 1.807) is 0 Å². The molecule has 0 aromatic carbocycles. The number of unbranched alkanes of at least 4 members (excludes halogenated alkanes) is 2. The highest BCUT2D eigenvalue weighted by Gasteiger charge is 2.47. The van der Waals surface area contributed by atoms with E-state index >= 15 is 0 Å². The van der Waals surface area contributed by atoms with Crippen LogP contribution in [0.1, 0.15) is 71.1 Å². The zero-order chi connectivity index (χ0) is 10.8. The third kappa shape index (κ3) is 2.22. The molecular weight excluding hydrogens is 184 g/mol. The maximum absolute atomic E-state index is 9.46. The summed E-state index contributed by atoms with van der Waals surface area (Å²) in [7, 11) is 0. The average Bonchev–Trinajstić information content (AvgIpc) is 2.32. The summed E-state index contributed by atoms with van der Waals surface area (Å²) in [6.07, 6.45) is 13.8. The zero-order valence-corrected chi connectivity index (χ0v) is 10.2. The molecule has 0 heterocycles. The number of hydrogen-bond acceptors (Lipinski definition) is 1. The van der Waals surface area contributed by atoms with Crippen molar-refractivity contribution in [2.75, 3.05) is 6.61 Å². The van der Waals surface area contributed by atoms with Crippen LogP contribution in [0.4, 0.5) is 0 Å². The Labute approximate surface area is 94.3 Å². The normalized spacial score (nSPS) is 39.6. The van der Waals surface area contributed by atoms with E-state index in [0.29, 0.717) is 17.4 Å². The van der Waals surface area contributed by atoms with E-state index in [9.17, 15) is 5.11 Å². The fourth-order valence-corrected chi connectivity index (χ4v) is 3.70. The van der Waals surface area contributed by atoms with Crippen LogP contribution in [0.25, 0.3) is 0 Å². The first-order valence-corrected chi connectivity index (χ1v) is 6.85. The van der Waals surface area contributed by atoms with Crippen LogP contribution in [0.15, 0.2) is 0 Å². The lowest BCUT2D eigenvalue weighted by molar-refractivity contribution is -0.0468. The molecule has 1 N–H and O–H groups in total. The van der Waals surface area contributed by atoms with Crippen molar-refractivity contribution in [2.45, 2.75) is 71.1 Å². The van der Waals surface area contributed by atoms with Crippen LogP contribution in [0.3, 0.4) is 0 Å². The molecule has 15 heavy (non-hydrogen) atoms. The Morgan fingerprint density at radius 3 is 1.87 bits per heavy atom. The molecule has 1 nitrogen and oxygen atoms in total. The summed E-state index contributed by atoms with van der Waals surface area (Å²) in [5.41, 5.74) is 1.05. The molecular formula is C14H26O. The number of hydrogen-bond donors (Lipinski definition) is 1. The largest absolute Gasteiger partial charge is 0.396 e. The minimum Gasteiger partial charge on any atom is -0.396 e. The van der Waals surface area contributed by atoms with Gasteiger partial charge in [0.15, 0.2) is 0 Å². The van der Waals surface area contributed by atoms with Gasteiger partial charge >= 0.3 is 0 Å². The van der Waals surface area contributed by atoms with E-state index in [2.05, 4.69) is 6.92 Å². The van der Waals surface area contributed by atoms with Gasteiger partial charge in [-0.25, -0.2) is 0 Å². The molecule has 0 radical (unpaired) electrons. The van der Waals surface area contributed by atoms with Crippen molar-refractivity contribution in [1.82, 2.24) is 0 Å². The SMILES string of the molecule is CCCCCC12CCC(CO)(CC1)CC2. The predicted molar refractivity (Wildman–Crippen MR) is 63.8 cm³/mol. The Kier molecular flexibility index (Phi) is 3.39. The Balaban J connectivity index is 1.86. The highest BCUT2D eigenvalue weighted by molar-refractivity contribution is 4.98. The summed E-state index contributed by atoms with van der Waals surface area (Å²) in [5.74, 6) is 0. The van der Waals surface area contributed by atoms with Gasteiger partial charge in [0.2, 0.25) is 0 Å². The van der Waals surface area contributed by atoms with E-state index in [1.807, 2.05) is 0 Å². The zero-order valence-electron chi connectivity index (χ0n) is 10.2. The van der Waals surface area contributed by atoms with Crippen molar-refractivity contribution in [3.63, 3.8) is 0 Å². The lowest BCUT2D eigenvalue weighted by atomic mass is 9.53. The minimum absolute atomic E-state index is 0.354. The van der Waals surface area contributed by atoms with Gasteiger partial charge in [-0.05, 0) is 55.8 Å². The molecule has 0 saturated heterocycles. The van der Waals surface area contributed by atoms with Crippen LogP contribution in [0.2, 0.25) is 0 Å². The van der Waals surface area contributed by atoms with Gasteiger partial charge in [0, 0.05) is 6.61 Å². The summed E-state index contributed by atoms with van der Waals surface area (Å²) in [6.45, 7) is 2.73. The van der Waals surface area contributed by atoms with Crippen LogP contribution in [-0.4, -0.2) is 11.7 Å². The van der Waals surface area contributed by atoms with Gasteiger partial charge in [-0.1, -0.05) is 26.2 Å². The van der Waals surface area contributed by atoms with Gasteiger partial charge in [0.1, 0.15) is 0 Å². The molecule has 0 atom stereocenters. The topological polar surface area (TPSA) is 20.2 Å². The highest BCUT2D eigenvalue weighted by Crippen LogP contribution is 2.58.